The molecule has 0 unspecified atom stereocenters. The lowest BCUT2D eigenvalue weighted by Crippen LogP contribution is -2.04. The van der Waals surface area contributed by atoms with Crippen molar-refractivity contribution in [2.24, 2.45) is 5.10 Å². The summed E-state index contributed by atoms with van der Waals surface area (Å²) >= 11 is 1.36. The average molecular weight is 335 g/mol. The first kappa shape index (κ1) is 16.8. The predicted molar refractivity (Wildman–Crippen MR) is 88.6 cm³/mol. The highest BCUT2D eigenvalue weighted by Gasteiger charge is 2.07. The van der Waals surface area contributed by atoms with E-state index >= 15 is 0 Å². The van der Waals surface area contributed by atoms with Gasteiger partial charge in [-0.3, -0.25) is 10.2 Å². The van der Waals surface area contributed by atoms with Gasteiger partial charge in [0.05, 0.1) is 39.7 Å². The van der Waals surface area contributed by atoms with E-state index in [4.69, 9.17) is 9.47 Å². The zero-order valence-electron chi connectivity index (χ0n) is 13.0. The van der Waals surface area contributed by atoms with Crippen molar-refractivity contribution >= 4 is 28.7 Å². The number of methoxy groups -OCH3 is 3. The zero-order valence-corrected chi connectivity index (χ0v) is 13.8. The lowest BCUT2D eigenvalue weighted by molar-refractivity contribution is -0.139. The van der Waals surface area contributed by atoms with E-state index in [0.29, 0.717) is 22.3 Å². The molecule has 2 rings (SSSR count). The summed E-state index contributed by atoms with van der Waals surface area (Å²) < 4.78 is 15.0. The second-order valence-electron chi connectivity index (χ2n) is 4.37. The summed E-state index contributed by atoms with van der Waals surface area (Å²) in [4.78, 5) is 15.4. The zero-order chi connectivity index (χ0) is 16.7. The number of hydrogen-bond acceptors (Lipinski definition) is 8. The fourth-order valence-corrected chi connectivity index (χ4v) is 2.40. The summed E-state index contributed by atoms with van der Waals surface area (Å²) in [5.74, 6) is 1.04. The van der Waals surface area contributed by atoms with E-state index in [2.05, 4.69) is 20.2 Å². The third kappa shape index (κ3) is 4.68. The molecule has 0 fully saturated rings. The van der Waals surface area contributed by atoms with Crippen molar-refractivity contribution in [3.05, 3.63) is 34.8 Å². The van der Waals surface area contributed by atoms with Gasteiger partial charge in [0.2, 0.25) is 5.13 Å². The highest BCUT2D eigenvalue weighted by molar-refractivity contribution is 7.13. The van der Waals surface area contributed by atoms with Gasteiger partial charge >= 0.3 is 5.97 Å². The Balaban J connectivity index is 2.00. The van der Waals surface area contributed by atoms with Crippen molar-refractivity contribution in [1.82, 2.24) is 4.98 Å². The molecular formula is C15H17N3O4S. The third-order valence-corrected chi connectivity index (χ3v) is 3.71. The van der Waals surface area contributed by atoms with Gasteiger partial charge in [-0.1, -0.05) is 0 Å². The molecule has 0 bridgehead atoms. The maximum atomic E-state index is 11.2. The van der Waals surface area contributed by atoms with Crippen LogP contribution in [0.5, 0.6) is 11.5 Å². The van der Waals surface area contributed by atoms with Crippen molar-refractivity contribution < 1.29 is 19.0 Å². The molecule has 0 saturated carbocycles. The van der Waals surface area contributed by atoms with Gasteiger partial charge in [-0.15, -0.1) is 11.3 Å². The largest absolute Gasteiger partial charge is 0.497 e. The summed E-state index contributed by atoms with van der Waals surface area (Å²) in [5, 5.41) is 6.50. The van der Waals surface area contributed by atoms with Crippen molar-refractivity contribution in [2.75, 3.05) is 26.8 Å². The third-order valence-electron chi connectivity index (χ3n) is 2.91. The number of ether oxygens (including phenoxy) is 3. The molecule has 0 atom stereocenters. The fourth-order valence-electron chi connectivity index (χ4n) is 1.74. The molecule has 1 N–H and O–H groups in total. The van der Waals surface area contributed by atoms with Crippen LogP contribution in [-0.2, 0) is 16.0 Å². The van der Waals surface area contributed by atoms with E-state index in [0.717, 1.165) is 5.56 Å². The quantitative estimate of drug-likeness (QED) is 0.475. The fraction of sp³-hybridized carbons (Fsp3) is 0.267. The van der Waals surface area contributed by atoms with Crippen molar-refractivity contribution in [3.63, 3.8) is 0 Å². The number of rotatable bonds is 7. The molecule has 2 aromatic rings. The average Bonchev–Trinajstić information content (AvgIpc) is 3.02. The highest BCUT2D eigenvalue weighted by atomic mass is 32.1. The Labute approximate surface area is 137 Å². The smallest absolute Gasteiger partial charge is 0.311 e. The number of anilines is 1. The number of benzene rings is 1. The SMILES string of the molecule is COC(=O)Cc1csc(N/N=C\c2ccc(OC)cc2OC)n1. The molecular weight excluding hydrogens is 318 g/mol. The maximum Gasteiger partial charge on any atom is 0.311 e. The summed E-state index contributed by atoms with van der Waals surface area (Å²) in [6.07, 6.45) is 1.77. The molecule has 0 aliphatic rings. The van der Waals surface area contributed by atoms with E-state index < -0.39 is 0 Å². The molecule has 0 aliphatic heterocycles. The van der Waals surface area contributed by atoms with Crippen LogP contribution >= 0.6 is 11.3 Å². The molecule has 1 aromatic heterocycles. The Hall–Kier alpha value is -2.61. The van der Waals surface area contributed by atoms with Crippen LogP contribution in [0.3, 0.4) is 0 Å². The van der Waals surface area contributed by atoms with Crippen molar-refractivity contribution in [3.8, 4) is 11.5 Å². The number of carbonyl (C=O) groups is 1. The number of hydrazone groups is 1. The Morgan fingerprint density at radius 3 is 2.87 bits per heavy atom. The van der Waals surface area contributed by atoms with Gasteiger partial charge in [0.25, 0.3) is 0 Å². The van der Waals surface area contributed by atoms with Gasteiger partial charge in [-0.05, 0) is 12.1 Å². The monoisotopic (exact) mass is 335 g/mol. The number of hydrogen-bond donors (Lipinski definition) is 1. The molecule has 0 amide bonds. The van der Waals surface area contributed by atoms with E-state index in [9.17, 15) is 4.79 Å². The number of aromatic nitrogens is 1. The summed E-state index contributed by atoms with van der Waals surface area (Å²) in [5.41, 5.74) is 4.26. The van der Waals surface area contributed by atoms with E-state index in [1.165, 1.54) is 18.4 Å². The normalized spacial score (nSPS) is 10.6. The second-order valence-corrected chi connectivity index (χ2v) is 5.23. The lowest BCUT2D eigenvalue weighted by Gasteiger charge is -2.06. The van der Waals surface area contributed by atoms with Gasteiger partial charge < -0.3 is 14.2 Å². The number of thiazole rings is 1. The molecule has 0 aliphatic carbocycles. The molecule has 7 nitrogen and oxygen atoms in total. The van der Waals surface area contributed by atoms with Gasteiger partial charge in [0, 0.05) is 17.0 Å². The van der Waals surface area contributed by atoms with Crippen LogP contribution in [0.4, 0.5) is 5.13 Å². The van der Waals surface area contributed by atoms with Gasteiger partial charge in [-0.25, -0.2) is 4.98 Å². The Morgan fingerprint density at radius 2 is 2.17 bits per heavy atom. The van der Waals surface area contributed by atoms with Crippen LogP contribution < -0.4 is 14.9 Å². The molecule has 23 heavy (non-hydrogen) atoms. The minimum absolute atomic E-state index is 0.144. The summed E-state index contributed by atoms with van der Waals surface area (Å²) in [6, 6.07) is 5.44. The lowest BCUT2D eigenvalue weighted by atomic mass is 10.2. The Morgan fingerprint density at radius 1 is 1.35 bits per heavy atom. The standard InChI is InChI=1S/C15H17N3O4S/c1-20-12-5-4-10(13(7-12)21-2)8-16-18-15-17-11(9-23-15)6-14(19)22-3/h4-5,7-9H,6H2,1-3H3,(H,17,18)/b16-8-. The van der Waals surface area contributed by atoms with Gasteiger partial charge in [-0.2, -0.15) is 5.10 Å². The van der Waals surface area contributed by atoms with Crippen molar-refractivity contribution in [2.45, 2.75) is 6.42 Å². The number of carbonyl (C=O) groups excluding carboxylic acids is 1. The number of esters is 1. The van der Waals surface area contributed by atoms with Gasteiger partial charge in [0.1, 0.15) is 11.5 Å². The van der Waals surface area contributed by atoms with Crippen LogP contribution in [0.1, 0.15) is 11.3 Å². The van der Waals surface area contributed by atoms with E-state index in [1.807, 2.05) is 12.1 Å². The Kier molecular flexibility index (Phi) is 5.93. The molecule has 1 heterocycles. The summed E-state index contributed by atoms with van der Waals surface area (Å²) in [6.45, 7) is 0. The first-order chi connectivity index (χ1) is 11.2. The highest BCUT2D eigenvalue weighted by Crippen LogP contribution is 2.23. The minimum atomic E-state index is -0.326. The molecule has 8 heteroatoms. The molecule has 0 saturated heterocycles. The second kappa shape index (κ2) is 8.14. The Bertz CT molecular complexity index is 700. The van der Waals surface area contributed by atoms with Crippen LogP contribution in [0.25, 0.3) is 0 Å². The summed E-state index contributed by atoms with van der Waals surface area (Å²) in [7, 11) is 4.53. The van der Waals surface area contributed by atoms with Crippen LogP contribution in [-0.4, -0.2) is 38.5 Å². The van der Waals surface area contributed by atoms with Crippen LogP contribution in [0.15, 0.2) is 28.7 Å². The molecule has 1 aromatic carbocycles. The predicted octanol–water partition coefficient (Wildman–Crippen LogP) is 2.32. The first-order valence-electron chi connectivity index (χ1n) is 6.68. The maximum absolute atomic E-state index is 11.2. The van der Waals surface area contributed by atoms with Gasteiger partial charge in [0.15, 0.2) is 0 Å². The van der Waals surface area contributed by atoms with Crippen LogP contribution in [0.2, 0.25) is 0 Å². The van der Waals surface area contributed by atoms with E-state index in [1.54, 1.807) is 31.9 Å². The minimum Gasteiger partial charge on any atom is -0.497 e. The topological polar surface area (TPSA) is 82.0 Å². The molecule has 0 radical (unpaired) electrons. The number of nitrogens with one attached hydrogen (secondary N) is 1. The van der Waals surface area contributed by atoms with Crippen LogP contribution in [0, 0.1) is 0 Å². The molecule has 122 valence electrons. The first-order valence-corrected chi connectivity index (χ1v) is 7.56. The number of nitrogens with zero attached hydrogens (tertiary/aromatic N) is 2. The molecule has 0 spiro atoms. The van der Waals surface area contributed by atoms with Crippen molar-refractivity contribution in [1.29, 1.82) is 0 Å². The van der Waals surface area contributed by atoms with E-state index in [-0.39, 0.29) is 12.4 Å².